The van der Waals surface area contributed by atoms with Crippen molar-refractivity contribution in [3.8, 4) is 24.2 Å². The minimum Gasteiger partial charge on any atom is -0.447 e. The highest BCUT2D eigenvalue weighted by Gasteiger charge is 2.39. The fraction of sp³-hybridized carbons (Fsp3) is 0.467. The SMILES string of the molecule is C#CC#CCC1COC(=O)N1C(=O)C(CC)C/C=C/Cl. The molecule has 2 unspecified atom stereocenters. The van der Waals surface area contributed by atoms with Crippen LogP contribution in [0.1, 0.15) is 26.2 Å². The van der Waals surface area contributed by atoms with Crippen LogP contribution in [0.4, 0.5) is 4.79 Å². The number of amides is 2. The van der Waals surface area contributed by atoms with Crippen molar-refractivity contribution >= 4 is 23.6 Å². The number of halogens is 1. The van der Waals surface area contributed by atoms with Crippen LogP contribution in [-0.2, 0) is 9.53 Å². The van der Waals surface area contributed by atoms with Gasteiger partial charge >= 0.3 is 6.09 Å². The summed E-state index contributed by atoms with van der Waals surface area (Å²) in [4.78, 5) is 25.3. The van der Waals surface area contributed by atoms with Gasteiger partial charge in [0.15, 0.2) is 0 Å². The van der Waals surface area contributed by atoms with Crippen molar-refractivity contribution < 1.29 is 14.3 Å². The second-order valence-electron chi connectivity index (χ2n) is 4.29. The maximum atomic E-state index is 12.4. The van der Waals surface area contributed by atoms with Crippen molar-refractivity contribution in [3.05, 3.63) is 11.6 Å². The van der Waals surface area contributed by atoms with Crippen LogP contribution in [0.15, 0.2) is 11.6 Å². The predicted molar refractivity (Wildman–Crippen MR) is 76.6 cm³/mol. The standard InChI is InChI=1S/C15H16ClNO3/c1-3-5-6-9-13-11-20-15(19)17(13)14(18)12(4-2)8-7-10-16/h1,7,10,12-13H,4,8-9,11H2,2H3/b10-7+. The van der Waals surface area contributed by atoms with Gasteiger partial charge in [-0.25, -0.2) is 9.69 Å². The molecule has 106 valence electrons. The summed E-state index contributed by atoms with van der Waals surface area (Å²) in [6, 6.07) is -0.370. The van der Waals surface area contributed by atoms with Gasteiger partial charge in [0, 0.05) is 17.9 Å². The van der Waals surface area contributed by atoms with E-state index < -0.39 is 6.09 Å². The quantitative estimate of drug-likeness (QED) is 0.732. The van der Waals surface area contributed by atoms with E-state index in [1.54, 1.807) is 6.08 Å². The molecule has 0 spiro atoms. The Labute approximate surface area is 124 Å². The molecule has 1 aliphatic heterocycles. The van der Waals surface area contributed by atoms with Gasteiger partial charge in [0.25, 0.3) is 0 Å². The fourth-order valence-corrected chi connectivity index (χ4v) is 2.06. The molecule has 0 radical (unpaired) electrons. The smallest absolute Gasteiger partial charge is 0.417 e. The van der Waals surface area contributed by atoms with E-state index in [0.717, 1.165) is 4.90 Å². The number of imide groups is 1. The van der Waals surface area contributed by atoms with Gasteiger partial charge in [-0.15, -0.1) is 6.42 Å². The molecule has 5 heteroatoms. The lowest BCUT2D eigenvalue weighted by Crippen LogP contribution is -2.42. The molecule has 20 heavy (non-hydrogen) atoms. The normalized spacial score (nSPS) is 19.1. The first-order chi connectivity index (χ1) is 9.65. The molecule has 0 aromatic rings. The third-order valence-electron chi connectivity index (χ3n) is 3.05. The molecule has 0 saturated carbocycles. The Bertz CT molecular complexity index is 495. The molecular formula is C15H16ClNO3. The van der Waals surface area contributed by atoms with E-state index in [-0.39, 0.29) is 24.5 Å². The van der Waals surface area contributed by atoms with E-state index in [1.165, 1.54) is 5.54 Å². The molecule has 1 rings (SSSR count). The third kappa shape index (κ3) is 4.05. The summed E-state index contributed by atoms with van der Waals surface area (Å²) in [5, 5.41) is 0. The van der Waals surface area contributed by atoms with Crippen LogP contribution in [-0.4, -0.2) is 29.5 Å². The van der Waals surface area contributed by atoms with Gasteiger partial charge in [-0.2, -0.15) is 0 Å². The topological polar surface area (TPSA) is 46.6 Å². The van der Waals surface area contributed by atoms with Gasteiger partial charge in [0.2, 0.25) is 5.91 Å². The lowest BCUT2D eigenvalue weighted by molar-refractivity contribution is -0.133. The van der Waals surface area contributed by atoms with E-state index in [4.69, 9.17) is 22.8 Å². The van der Waals surface area contributed by atoms with Crippen LogP contribution in [0.2, 0.25) is 0 Å². The summed E-state index contributed by atoms with van der Waals surface area (Å²) in [6.45, 7) is 2.05. The van der Waals surface area contributed by atoms with E-state index in [1.807, 2.05) is 6.92 Å². The van der Waals surface area contributed by atoms with Crippen molar-refractivity contribution in [2.45, 2.75) is 32.2 Å². The van der Waals surface area contributed by atoms with Gasteiger partial charge < -0.3 is 4.74 Å². The number of rotatable bonds is 5. The number of nitrogens with zero attached hydrogens (tertiary/aromatic N) is 1. The fourth-order valence-electron chi connectivity index (χ4n) is 1.96. The Morgan fingerprint density at radius 3 is 3.05 bits per heavy atom. The van der Waals surface area contributed by atoms with Crippen molar-refractivity contribution in [3.63, 3.8) is 0 Å². The van der Waals surface area contributed by atoms with E-state index >= 15 is 0 Å². The van der Waals surface area contributed by atoms with Crippen LogP contribution in [0.3, 0.4) is 0 Å². The van der Waals surface area contributed by atoms with Crippen molar-refractivity contribution in [1.82, 2.24) is 4.90 Å². The van der Waals surface area contributed by atoms with E-state index in [0.29, 0.717) is 19.3 Å². The molecule has 0 bridgehead atoms. The van der Waals surface area contributed by atoms with E-state index in [2.05, 4.69) is 17.8 Å². The molecule has 0 aromatic carbocycles. The second-order valence-corrected chi connectivity index (χ2v) is 4.54. The van der Waals surface area contributed by atoms with Crippen LogP contribution < -0.4 is 0 Å². The second kappa shape index (κ2) is 8.30. The number of allylic oxidation sites excluding steroid dienone is 1. The van der Waals surface area contributed by atoms with Crippen molar-refractivity contribution in [2.24, 2.45) is 5.92 Å². The van der Waals surface area contributed by atoms with Crippen molar-refractivity contribution in [1.29, 1.82) is 0 Å². The molecule has 1 aliphatic rings. The van der Waals surface area contributed by atoms with Gasteiger partial charge in [-0.1, -0.05) is 30.5 Å². The lowest BCUT2D eigenvalue weighted by atomic mass is 10.00. The summed E-state index contributed by atoms with van der Waals surface area (Å²) >= 11 is 5.47. The first kappa shape index (κ1) is 16.1. The molecule has 2 amide bonds. The molecule has 1 saturated heterocycles. The van der Waals surface area contributed by atoms with Crippen molar-refractivity contribution in [2.75, 3.05) is 6.61 Å². The van der Waals surface area contributed by atoms with Crippen LogP contribution in [0.25, 0.3) is 0 Å². The summed E-state index contributed by atoms with van der Waals surface area (Å²) in [7, 11) is 0. The minimum atomic E-state index is -0.615. The number of carbonyl (C=O) groups is 2. The Morgan fingerprint density at radius 1 is 1.70 bits per heavy atom. The molecule has 0 aliphatic carbocycles. The van der Waals surface area contributed by atoms with E-state index in [9.17, 15) is 9.59 Å². The monoisotopic (exact) mass is 293 g/mol. The molecular weight excluding hydrogens is 278 g/mol. The zero-order chi connectivity index (χ0) is 15.0. The molecule has 1 heterocycles. The first-order valence-corrected chi connectivity index (χ1v) is 6.77. The number of terminal acetylenes is 1. The average Bonchev–Trinajstić information content (AvgIpc) is 2.81. The predicted octanol–water partition coefficient (Wildman–Crippen LogP) is 2.53. The number of cyclic esters (lactones) is 1. The zero-order valence-electron chi connectivity index (χ0n) is 11.3. The number of hydrogen-bond acceptors (Lipinski definition) is 3. The highest BCUT2D eigenvalue weighted by atomic mass is 35.5. The lowest BCUT2D eigenvalue weighted by Gasteiger charge is -2.22. The molecule has 0 N–H and O–H groups in total. The maximum absolute atomic E-state index is 12.4. The Morgan fingerprint density at radius 2 is 2.45 bits per heavy atom. The summed E-state index contributed by atoms with van der Waals surface area (Å²) in [6.07, 6.45) is 7.55. The molecule has 1 fully saturated rings. The van der Waals surface area contributed by atoms with Gasteiger partial charge in [0.05, 0.1) is 6.04 Å². The maximum Gasteiger partial charge on any atom is 0.417 e. The number of ether oxygens (including phenoxy) is 1. The Balaban J connectivity index is 2.80. The van der Waals surface area contributed by atoms with Crippen LogP contribution >= 0.6 is 11.6 Å². The molecule has 0 aromatic heterocycles. The molecule has 4 nitrogen and oxygen atoms in total. The van der Waals surface area contributed by atoms with Crippen LogP contribution in [0, 0.1) is 30.1 Å². The zero-order valence-corrected chi connectivity index (χ0v) is 12.0. The van der Waals surface area contributed by atoms with Gasteiger partial charge in [-0.3, -0.25) is 4.79 Å². The molecule has 2 atom stereocenters. The third-order valence-corrected chi connectivity index (χ3v) is 3.23. The highest BCUT2D eigenvalue weighted by Crippen LogP contribution is 2.22. The largest absolute Gasteiger partial charge is 0.447 e. The van der Waals surface area contributed by atoms with Gasteiger partial charge in [-0.05, 0) is 24.7 Å². The average molecular weight is 294 g/mol. The van der Waals surface area contributed by atoms with Gasteiger partial charge in [0.1, 0.15) is 6.61 Å². The summed E-state index contributed by atoms with van der Waals surface area (Å²) < 4.78 is 4.93. The van der Waals surface area contributed by atoms with Crippen LogP contribution in [0.5, 0.6) is 0 Å². The number of carbonyl (C=O) groups excluding carboxylic acids is 2. The number of hydrogen-bond donors (Lipinski definition) is 0. The summed E-state index contributed by atoms with van der Waals surface area (Å²) in [5.41, 5.74) is 1.37. The summed E-state index contributed by atoms with van der Waals surface area (Å²) in [5.74, 6) is 6.86. The Kier molecular flexibility index (Phi) is 6.70. The highest BCUT2D eigenvalue weighted by molar-refractivity contribution is 6.25. The minimum absolute atomic E-state index is 0.158. The Hall–Kier alpha value is -1.91. The first-order valence-electron chi connectivity index (χ1n) is 6.34.